The quantitative estimate of drug-likeness (QED) is 0.423. The van der Waals surface area contributed by atoms with Crippen molar-refractivity contribution < 1.29 is 14.3 Å². The van der Waals surface area contributed by atoms with Gasteiger partial charge < -0.3 is 4.74 Å². The fourth-order valence-electron chi connectivity index (χ4n) is 3.27. The molecule has 156 valence electrons. The normalized spacial score (nSPS) is 11.3. The maximum atomic E-state index is 13.3. The topological polar surface area (TPSA) is 77.3 Å². The summed E-state index contributed by atoms with van der Waals surface area (Å²) in [6.45, 7) is 5.43. The Morgan fingerprint density at radius 1 is 1.06 bits per heavy atom. The molecule has 1 amide bonds. The fraction of sp³-hybridized carbons (Fsp3) is 0.167. The molecule has 31 heavy (non-hydrogen) atoms. The third-order valence-electron chi connectivity index (χ3n) is 4.55. The van der Waals surface area contributed by atoms with Crippen molar-refractivity contribution >= 4 is 34.7 Å². The number of nitrogens with zero attached hydrogens (tertiary/aromatic N) is 4. The van der Waals surface area contributed by atoms with Crippen LogP contribution in [0.5, 0.6) is 0 Å². The van der Waals surface area contributed by atoms with E-state index in [0.29, 0.717) is 22.8 Å². The first kappa shape index (κ1) is 20.3. The predicted octanol–water partition coefficient (Wildman–Crippen LogP) is 5.31. The number of carbonyl (C=O) groups excluding carboxylic acids is 2. The van der Waals surface area contributed by atoms with Gasteiger partial charge in [-0.1, -0.05) is 30.3 Å². The number of hydrogen-bond acceptors (Lipinski definition) is 5. The van der Waals surface area contributed by atoms with Crippen molar-refractivity contribution in [2.45, 2.75) is 26.4 Å². The van der Waals surface area contributed by atoms with Gasteiger partial charge in [0.25, 0.3) is 0 Å². The Bertz CT molecular complexity index is 1260. The summed E-state index contributed by atoms with van der Waals surface area (Å²) in [4.78, 5) is 30.8. The van der Waals surface area contributed by atoms with E-state index in [-0.39, 0.29) is 0 Å². The summed E-state index contributed by atoms with van der Waals surface area (Å²) in [5, 5.41) is 5.16. The number of carbonyl (C=O) groups is 2. The number of fused-ring (bicyclic) bond motifs is 1. The molecule has 0 aliphatic carbocycles. The van der Waals surface area contributed by atoms with Crippen LogP contribution in [0.25, 0.3) is 16.6 Å². The molecule has 4 rings (SSSR count). The van der Waals surface area contributed by atoms with Crippen molar-refractivity contribution in [1.82, 2.24) is 14.8 Å². The molecule has 0 saturated heterocycles. The minimum atomic E-state index is -0.700. The smallest absolute Gasteiger partial charge is 0.419 e. The highest BCUT2D eigenvalue weighted by atomic mass is 16.6. The zero-order chi connectivity index (χ0) is 22.0. The second kappa shape index (κ2) is 8.02. The van der Waals surface area contributed by atoms with Crippen LogP contribution in [0.15, 0.2) is 73.1 Å². The van der Waals surface area contributed by atoms with E-state index in [1.54, 1.807) is 24.4 Å². The highest BCUT2D eigenvalue weighted by Gasteiger charge is 2.28. The number of para-hydroxylation sites is 3. The second-order valence-electron chi connectivity index (χ2n) is 7.98. The Balaban J connectivity index is 1.91. The van der Waals surface area contributed by atoms with Crippen LogP contribution in [-0.2, 0) is 4.74 Å². The number of rotatable bonds is 4. The van der Waals surface area contributed by atoms with Gasteiger partial charge in [-0.3, -0.25) is 9.78 Å². The van der Waals surface area contributed by atoms with E-state index in [1.165, 1.54) is 15.8 Å². The molecule has 0 aliphatic heterocycles. The number of pyridine rings is 1. The first-order chi connectivity index (χ1) is 14.9. The molecule has 0 aliphatic rings. The Hall–Kier alpha value is -4.00. The molecule has 0 bridgehead atoms. The van der Waals surface area contributed by atoms with E-state index in [2.05, 4.69) is 10.1 Å². The van der Waals surface area contributed by atoms with Gasteiger partial charge in [0.2, 0.25) is 0 Å². The lowest BCUT2D eigenvalue weighted by molar-refractivity contribution is 0.0599. The van der Waals surface area contributed by atoms with Gasteiger partial charge in [-0.2, -0.15) is 5.10 Å². The highest BCUT2D eigenvalue weighted by Crippen LogP contribution is 2.34. The Labute approximate surface area is 179 Å². The van der Waals surface area contributed by atoms with E-state index in [4.69, 9.17) is 4.74 Å². The molecule has 0 unspecified atom stereocenters. The number of aromatic nitrogens is 3. The highest BCUT2D eigenvalue weighted by molar-refractivity contribution is 6.00. The predicted molar refractivity (Wildman–Crippen MR) is 119 cm³/mol. The molecule has 0 radical (unpaired) electrons. The molecule has 2 aromatic carbocycles. The summed E-state index contributed by atoms with van der Waals surface area (Å²) in [5.41, 5.74) is 2.11. The van der Waals surface area contributed by atoms with Gasteiger partial charge in [0, 0.05) is 5.39 Å². The lowest BCUT2D eigenvalue weighted by atomic mass is 10.1. The Morgan fingerprint density at radius 3 is 2.58 bits per heavy atom. The van der Waals surface area contributed by atoms with Crippen molar-refractivity contribution in [3.63, 3.8) is 0 Å². The zero-order valence-corrected chi connectivity index (χ0v) is 17.5. The van der Waals surface area contributed by atoms with E-state index in [9.17, 15) is 9.59 Å². The molecular weight excluding hydrogens is 392 g/mol. The molecule has 0 fully saturated rings. The molecule has 7 nitrogen and oxygen atoms in total. The number of hydrogen-bond donors (Lipinski definition) is 0. The van der Waals surface area contributed by atoms with Crippen LogP contribution in [-0.4, -0.2) is 32.7 Å². The summed E-state index contributed by atoms with van der Waals surface area (Å²) in [5.74, 6) is 0. The maximum absolute atomic E-state index is 13.3. The van der Waals surface area contributed by atoms with Gasteiger partial charge in [-0.15, -0.1) is 0 Å². The van der Waals surface area contributed by atoms with Crippen molar-refractivity contribution in [1.29, 1.82) is 0 Å². The minimum Gasteiger partial charge on any atom is -0.443 e. The van der Waals surface area contributed by atoms with E-state index in [0.717, 1.165) is 17.2 Å². The Kier molecular flexibility index (Phi) is 5.25. The zero-order valence-electron chi connectivity index (χ0n) is 17.5. The summed E-state index contributed by atoms with van der Waals surface area (Å²) < 4.78 is 7.20. The van der Waals surface area contributed by atoms with Crippen molar-refractivity contribution in [2.24, 2.45) is 0 Å². The number of ether oxygens (including phenoxy) is 1. The van der Waals surface area contributed by atoms with Crippen LogP contribution in [0.1, 0.15) is 31.3 Å². The molecule has 4 aromatic rings. The molecule has 2 aromatic heterocycles. The molecule has 0 saturated carbocycles. The van der Waals surface area contributed by atoms with Gasteiger partial charge in [0.1, 0.15) is 11.3 Å². The molecule has 0 spiro atoms. The van der Waals surface area contributed by atoms with E-state index < -0.39 is 11.7 Å². The second-order valence-corrected chi connectivity index (χ2v) is 7.98. The number of aldehydes is 1. The van der Waals surface area contributed by atoms with E-state index in [1.807, 2.05) is 63.2 Å². The molecule has 7 heteroatoms. The van der Waals surface area contributed by atoms with Crippen molar-refractivity contribution in [2.75, 3.05) is 4.90 Å². The van der Waals surface area contributed by atoms with Crippen LogP contribution in [0, 0.1) is 0 Å². The van der Waals surface area contributed by atoms with Gasteiger partial charge >= 0.3 is 6.09 Å². The molecule has 2 heterocycles. The van der Waals surface area contributed by atoms with Crippen LogP contribution < -0.4 is 4.90 Å². The number of anilines is 2. The standard InChI is InChI=1S/C24H22N4O3/c1-24(2,3)31-23(30)27(19-14-17-8-4-5-9-20(17)25-15-19)21-10-6-7-11-22(21)28-18(16-29)12-13-26-28/h4-16H,1-3H3. The van der Waals surface area contributed by atoms with Gasteiger partial charge in [-0.25, -0.2) is 14.4 Å². The lowest BCUT2D eigenvalue weighted by Gasteiger charge is -2.28. The number of benzene rings is 2. The average Bonchev–Trinajstić information content (AvgIpc) is 3.21. The fourth-order valence-corrected chi connectivity index (χ4v) is 3.27. The van der Waals surface area contributed by atoms with Gasteiger partial charge in [0.15, 0.2) is 6.29 Å². The minimum absolute atomic E-state index is 0.369. The SMILES string of the molecule is CC(C)(C)OC(=O)N(c1cnc2ccccc2c1)c1ccccc1-n1nccc1C=O. The van der Waals surface area contributed by atoms with Crippen LogP contribution >= 0.6 is 0 Å². The number of amides is 1. The van der Waals surface area contributed by atoms with Crippen LogP contribution in [0.3, 0.4) is 0 Å². The summed E-state index contributed by atoms with van der Waals surface area (Å²) in [7, 11) is 0. The van der Waals surface area contributed by atoms with Crippen molar-refractivity contribution in [3.05, 3.63) is 78.8 Å². The summed E-state index contributed by atoms with van der Waals surface area (Å²) in [6.07, 6.45) is 3.33. The average molecular weight is 414 g/mol. The lowest BCUT2D eigenvalue weighted by Crippen LogP contribution is -2.34. The van der Waals surface area contributed by atoms with E-state index >= 15 is 0 Å². The summed E-state index contributed by atoms with van der Waals surface area (Å²) in [6, 6.07) is 18.4. The largest absolute Gasteiger partial charge is 0.443 e. The Morgan fingerprint density at radius 2 is 1.81 bits per heavy atom. The van der Waals surface area contributed by atoms with Crippen molar-refractivity contribution in [3.8, 4) is 5.69 Å². The van der Waals surface area contributed by atoms with Crippen LogP contribution in [0.2, 0.25) is 0 Å². The molecule has 0 atom stereocenters. The third-order valence-corrected chi connectivity index (χ3v) is 4.55. The first-order valence-corrected chi connectivity index (χ1v) is 9.84. The van der Waals surface area contributed by atoms with Gasteiger partial charge in [-0.05, 0) is 51.1 Å². The molecular formula is C24H22N4O3. The van der Waals surface area contributed by atoms with Gasteiger partial charge in [0.05, 0.1) is 35.0 Å². The monoisotopic (exact) mass is 414 g/mol. The first-order valence-electron chi connectivity index (χ1n) is 9.84. The summed E-state index contributed by atoms with van der Waals surface area (Å²) >= 11 is 0. The maximum Gasteiger partial charge on any atom is 0.419 e. The third kappa shape index (κ3) is 4.16. The molecule has 0 N–H and O–H groups in total. The van der Waals surface area contributed by atoms with Crippen LogP contribution in [0.4, 0.5) is 16.2 Å².